The number of ether oxygens (including phenoxy) is 2. The minimum Gasteiger partial charge on any atom is -0.461 e. The van der Waals surface area contributed by atoms with Crippen molar-refractivity contribution in [3.8, 4) is 6.07 Å². The van der Waals surface area contributed by atoms with Crippen LogP contribution in [0.2, 0.25) is 0 Å². The predicted molar refractivity (Wildman–Crippen MR) is 125 cm³/mol. The number of carbonyl (C=O) groups is 2. The minimum atomic E-state index is -1.96. The highest BCUT2D eigenvalue weighted by molar-refractivity contribution is 5.93. The first-order valence-electron chi connectivity index (χ1n) is 11.4. The average Bonchev–Trinajstić information content (AvgIpc) is 3.25. The number of hydrogen-bond donors (Lipinski definition) is 3. The Balaban J connectivity index is 1.84. The molecule has 0 bridgehead atoms. The van der Waals surface area contributed by atoms with E-state index < -0.39 is 36.5 Å². The van der Waals surface area contributed by atoms with Gasteiger partial charge in [-0.15, -0.1) is 0 Å². The van der Waals surface area contributed by atoms with Crippen LogP contribution in [-0.4, -0.2) is 61.1 Å². The van der Waals surface area contributed by atoms with Crippen LogP contribution >= 0.6 is 0 Å². The fourth-order valence-electron chi connectivity index (χ4n) is 3.88. The Hall–Kier alpha value is -3.07. The van der Waals surface area contributed by atoms with E-state index in [1.807, 2.05) is 47.6 Å². The van der Waals surface area contributed by atoms with Gasteiger partial charge in [-0.3, -0.25) is 9.59 Å². The summed E-state index contributed by atoms with van der Waals surface area (Å²) in [5, 5.41) is 38.2. The van der Waals surface area contributed by atoms with Crippen molar-refractivity contribution in [3.05, 3.63) is 24.2 Å². The third-order valence-electron chi connectivity index (χ3n) is 5.48. The number of nitrogens with zero attached hydrogens (tertiary/aromatic N) is 4. The highest BCUT2D eigenvalue weighted by atomic mass is 16.6. The molecule has 11 nitrogen and oxygen atoms in total. The van der Waals surface area contributed by atoms with Gasteiger partial charge in [-0.05, 0) is 23.0 Å². The van der Waals surface area contributed by atoms with E-state index in [-0.39, 0.29) is 35.4 Å². The molecule has 0 radical (unpaired) electrons. The Morgan fingerprint density at radius 2 is 1.86 bits per heavy atom. The second-order valence-corrected chi connectivity index (χ2v) is 11.3. The summed E-state index contributed by atoms with van der Waals surface area (Å²) >= 11 is 0. The summed E-state index contributed by atoms with van der Waals surface area (Å²) in [6.07, 6.45) is -2.65. The Kier molecular flexibility index (Phi) is 7.22. The number of fused-ring (bicyclic) bond motifs is 1. The third kappa shape index (κ3) is 5.96. The van der Waals surface area contributed by atoms with E-state index in [4.69, 9.17) is 9.47 Å². The zero-order chi connectivity index (χ0) is 26.2. The summed E-state index contributed by atoms with van der Waals surface area (Å²) in [6.45, 7) is 10.9. The number of aromatic nitrogens is 3. The molecule has 0 unspecified atom stereocenters. The largest absolute Gasteiger partial charge is 0.461 e. The summed E-state index contributed by atoms with van der Waals surface area (Å²) in [5.74, 6) is -0.484. The molecule has 35 heavy (non-hydrogen) atoms. The Labute approximate surface area is 204 Å². The molecule has 3 N–H and O–H groups in total. The van der Waals surface area contributed by atoms with Crippen LogP contribution in [0.1, 0.15) is 66.2 Å². The van der Waals surface area contributed by atoms with Crippen molar-refractivity contribution in [2.45, 2.75) is 78.3 Å². The van der Waals surface area contributed by atoms with E-state index in [0.29, 0.717) is 11.2 Å². The van der Waals surface area contributed by atoms with Crippen LogP contribution in [0, 0.1) is 22.2 Å². The normalized spacial score (nSPS) is 24.8. The van der Waals surface area contributed by atoms with Gasteiger partial charge in [-0.2, -0.15) is 10.4 Å². The van der Waals surface area contributed by atoms with Gasteiger partial charge in [0.15, 0.2) is 5.82 Å². The second kappa shape index (κ2) is 9.53. The van der Waals surface area contributed by atoms with Crippen LogP contribution in [0.3, 0.4) is 0 Å². The fourth-order valence-corrected chi connectivity index (χ4v) is 3.88. The minimum absolute atomic E-state index is 0.112. The van der Waals surface area contributed by atoms with Crippen molar-refractivity contribution < 1.29 is 29.3 Å². The fraction of sp³-hybridized carbons (Fsp3) is 0.625. The van der Waals surface area contributed by atoms with E-state index in [1.54, 1.807) is 12.1 Å². The lowest BCUT2D eigenvalue weighted by Gasteiger charge is -2.25. The summed E-state index contributed by atoms with van der Waals surface area (Å²) in [5.41, 5.74) is -1.72. The van der Waals surface area contributed by atoms with Crippen LogP contribution in [0.25, 0.3) is 5.52 Å². The maximum atomic E-state index is 12.4. The maximum absolute atomic E-state index is 12.4. The molecule has 1 saturated heterocycles. The van der Waals surface area contributed by atoms with Gasteiger partial charge in [0.25, 0.3) is 0 Å². The summed E-state index contributed by atoms with van der Waals surface area (Å²) in [6, 6.07) is 5.11. The molecule has 0 saturated carbocycles. The molecule has 3 heterocycles. The second-order valence-electron chi connectivity index (χ2n) is 11.3. The lowest BCUT2D eigenvalue weighted by molar-refractivity contribution is -0.156. The maximum Gasteiger partial charge on any atom is 0.306 e. The molecular weight excluding hydrogens is 454 g/mol. The smallest absolute Gasteiger partial charge is 0.306 e. The van der Waals surface area contributed by atoms with Crippen LogP contribution in [0.5, 0.6) is 0 Å². The number of aliphatic hydroxyl groups excluding tert-OH is 2. The van der Waals surface area contributed by atoms with E-state index >= 15 is 0 Å². The molecule has 2 aromatic heterocycles. The Morgan fingerprint density at radius 1 is 1.20 bits per heavy atom. The molecule has 1 fully saturated rings. The number of nitrogens with one attached hydrogen (secondary N) is 1. The number of nitriles is 1. The zero-order valence-electron chi connectivity index (χ0n) is 20.9. The molecule has 1 amide bonds. The quantitative estimate of drug-likeness (QED) is 0.519. The monoisotopic (exact) mass is 487 g/mol. The number of hydrogen-bond acceptors (Lipinski definition) is 9. The predicted octanol–water partition coefficient (Wildman–Crippen LogP) is 2.14. The molecule has 0 aromatic carbocycles. The topological polar surface area (TPSA) is 159 Å². The first kappa shape index (κ1) is 26.5. The van der Waals surface area contributed by atoms with Gasteiger partial charge in [0.2, 0.25) is 11.5 Å². The number of rotatable bonds is 6. The van der Waals surface area contributed by atoms with Crippen molar-refractivity contribution in [1.82, 2.24) is 14.6 Å². The lowest BCUT2D eigenvalue weighted by atomic mass is 9.92. The Bertz CT molecular complexity index is 1140. The van der Waals surface area contributed by atoms with Crippen molar-refractivity contribution in [1.29, 1.82) is 5.26 Å². The molecular formula is C24H33N5O6. The third-order valence-corrected chi connectivity index (χ3v) is 5.48. The van der Waals surface area contributed by atoms with Crippen molar-refractivity contribution >= 4 is 23.2 Å². The SMILES string of the molecule is CC(C)(C)CC(=O)Nc1ncnn2c([C@@H]3O[C@](C#N)(COC(=O)CC(C)(C)C)[C@@H](O)[C@H]3O)ccc12. The molecule has 0 spiro atoms. The van der Waals surface area contributed by atoms with Gasteiger partial charge < -0.3 is 25.0 Å². The van der Waals surface area contributed by atoms with Gasteiger partial charge in [-0.25, -0.2) is 9.50 Å². The molecule has 1 aliphatic heterocycles. The van der Waals surface area contributed by atoms with Gasteiger partial charge in [0, 0.05) is 6.42 Å². The van der Waals surface area contributed by atoms with Crippen molar-refractivity contribution in [2.75, 3.05) is 11.9 Å². The van der Waals surface area contributed by atoms with Crippen molar-refractivity contribution in [2.24, 2.45) is 10.8 Å². The van der Waals surface area contributed by atoms with Gasteiger partial charge >= 0.3 is 5.97 Å². The number of carbonyl (C=O) groups excluding carboxylic acids is 2. The summed E-state index contributed by atoms with van der Waals surface area (Å²) < 4.78 is 12.5. The van der Waals surface area contributed by atoms with Gasteiger partial charge in [0.05, 0.1) is 12.1 Å². The summed E-state index contributed by atoms with van der Waals surface area (Å²) in [7, 11) is 0. The van der Waals surface area contributed by atoms with Crippen LogP contribution < -0.4 is 5.32 Å². The lowest BCUT2D eigenvalue weighted by Crippen LogP contribution is -2.46. The molecule has 0 aliphatic carbocycles. The first-order valence-corrected chi connectivity index (χ1v) is 11.4. The van der Waals surface area contributed by atoms with Gasteiger partial charge in [-0.1, -0.05) is 41.5 Å². The van der Waals surface area contributed by atoms with E-state index in [9.17, 15) is 25.1 Å². The highest BCUT2D eigenvalue weighted by Crippen LogP contribution is 2.41. The molecule has 190 valence electrons. The summed E-state index contributed by atoms with van der Waals surface area (Å²) in [4.78, 5) is 28.7. The number of esters is 1. The van der Waals surface area contributed by atoms with E-state index in [2.05, 4.69) is 15.4 Å². The number of amides is 1. The molecule has 2 aromatic rings. The van der Waals surface area contributed by atoms with E-state index in [1.165, 1.54) is 10.8 Å². The number of aliphatic hydroxyl groups is 2. The van der Waals surface area contributed by atoms with Crippen LogP contribution in [-0.2, 0) is 19.1 Å². The number of anilines is 1. The van der Waals surface area contributed by atoms with Crippen LogP contribution in [0.15, 0.2) is 18.5 Å². The van der Waals surface area contributed by atoms with Gasteiger partial charge in [0.1, 0.15) is 42.8 Å². The highest BCUT2D eigenvalue weighted by Gasteiger charge is 2.57. The first-order chi connectivity index (χ1) is 16.2. The standard InChI is InChI=1S/C24H33N5O6/c1-22(2,3)9-16(30)28-21-15-8-7-14(29(15)27-13-26-21)19-18(32)20(33)24(11-25,35-19)12-34-17(31)10-23(4,5)6/h7-8,13,18-20,32-33H,9-10,12H2,1-6H3,(H,26,27,28,30)/t18-,19-,20-,24+/m0/s1. The molecule has 1 aliphatic rings. The van der Waals surface area contributed by atoms with Crippen molar-refractivity contribution in [3.63, 3.8) is 0 Å². The molecule has 11 heteroatoms. The average molecular weight is 488 g/mol. The Morgan fingerprint density at radius 3 is 2.46 bits per heavy atom. The molecule has 3 rings (SSSR count). The zero-order valence-corrected chi connectivity index (χ0v) is 20.9. The molecule has 4 atom stereocenters. The van der Waals surface area contributed by atoms with Crippen LogP contribution in [0.4, 0.5) is 5.82 Å². The van der Waals surface area contributed by atoms with E-state index in [0.717, 1.165) is 0 Å².